The molecule has 0 aliphatic carbocycles. The molecule has 51 heavy (non-hydrogen) atoms. The van der Waals surface area contributed by atoms with Crippen LogP contribution in [0.15, 0.2) is 66.7 Å². The predicted octanol–water partition coefficient (Wildman–Crippen LogP) is 11.6. The molecular weight excluding hydrogens is 625 g/mol. The highest BCUT2D eigenvalue weighted by molar-refractivity contribution is 6.62. The van der Waals surface area contributed by atoms with Crippen molar-refractivity contribution in [2.45, 2.75) is 144 Å². The molecule has 1 aromatic heterocycles. The number of benzene rings is 3. The van der Waals surface area contributed by atoms with Crippen molar-refractivity contribution >= 4 is 12.6 Å². The van der Waals surface area contributed by atoms with Gasteiger partial charge < -0.3 is 14.0 Å². The molecule has 5 heteroatoms. The van der Waals surface area contributed by atoms with Crippen LogP contribution in [0.1, 0.15) is 133 Å². The summed E-state index contributed by atoms with van der Waals surface area (Å²) < 4.78 is 19.3. The number of pyridine rings is 1. The van der Waals surface area contributed by atoms with Gasteiger partial charge in [-0.25, -0.2) is 4.98 Å². The molecule has 0 spiro atoms. The first-order chi connectivity index (χ1) is 23.2. The van der Waals surface area contributed by atoms with E-state index in [4.69, 9.17) is 19.0 Å². The van der Waals surface area contributed by atoms with E-state index in [-0.39, 0.29) is 21.7 Å². The van der Waals surface area contributed by atoms with E-state index in [9.17, 15) is 0 Å². The van der Waals surface area contributed by atoms with E-state index in [0.29, 0.717) is 0 Å². The minimum atomic E-state index is -0.465. The summed E-state index contributed by atoms with van der Waals surface area (Å²) in [4.78, 5) is 5.46. The third-order valence-corrected chi connectivity index (χ3v) is 10.8. The van der Waals surface area contributed by atoms with E-state index in [0.717, 1.165) is 39.3 Å². The first kappa shape index (κ1) is 38.8. The Morgan fingerprint density at radius 1 is 0.549 bits per heavy atom. The Kier molecular flexibility index (Phi) is 9.83. The van der Waals surface area contributed by atoms with Gasteiger partial charge in [-0.15, -0.1) is 0 Å². The summed E-state index contributed by atoms with van der Waals surface area (Å²) in [5.41, 5.74) is 11.0. The maximum absolute atomic E-state index is 6.48. The van der Waals surface area contributed by atoms with E-state index in [1.165, 1.54) is 27.8 Å². The Hall–Kier alpha value is -3.41. The van der Waals surface area contributed by atoms with Gasteiger partial charge in [0.15, 0.2) is 0 Å². The maximum Gasteiger partial charge on any atom is 0.494 e. The van der Waals surface area contributed by atoms with Gasteiger partial charge in [-0.3, -0.25) is 0 Å². The third kappa shape index (κ3) is 8.00. The highest BCUT2D eigenvalue weighted by atomic mass is 16.7. The molecule has 272 valence electrons. The standard InChI is InChI=1S/C46H62BNO3/c1-41(2,3)32-21-30(22-33(26-32)42(4,5)6)31-24-38(29-19-18-20-35(23-29)47-50-45(13,14)46(15,16)51-47)48-39(25-31)36-27-34(43(7,8)9)28-37(40(36)49-17)44(10,11)12/h18-28H,1-17H3. The molecule has 2 heterocycles. The minimum Gasteiger partial charge on any atom is -0.496 e. The largest absolute Gasteiger partial charge is 0.496 e. The predicted molar refractivity (Wildman–Crippen MR) is 218 cm³/mol. The van der Waals surface area contributed by atoms with Gasteiger partial charge in [-0.1, -0.05) is 132 Å². The Labute approximate surface area is 309 Å². The molecule has 1 aliphatic rings. The van der Waals surface area contributed by atoms with Gasteiger partial charge in [0, 0.05) is 11.1 Å². The zero-order valence-corrected chi connectivity index (χ0v) is 34.6. The van der Waals surface area contributed by atoms with Gasteiger partial charge in [0.2, 0.25) is 0 Å². The van der Waals surface area contributed by atoms with E-state index in [1.807, 2.05) is 0 Å². The lowest BCUT2D eigenvalue weighted by atomic mass is 9.77. The summed E-state index contributed by atoms with van der Waals surface area (Å²) in [6, 6.07) is 24.7. The van der Waals surface area contributed by atoms with Gasteiger partial charge in [-0.2, -0.15) is 0 Å². The van der Waals surface area contributed by atoms with Crippen LogP contribution in [-0.2, 0) is 31.0 Å². The van der Waals surface area contributed by atoms with Crippen molar-refractivity contribution in [3.05, 3.63) is 89.0 Å². The number of rotatable bonds is 5. The van der Waals surface area contributed by atoms with E-state index < -0.39 is 18.3 Å². The first-order valence-corrected chi connectivity index (χ1v) is 18.6. The van der Waals surface area contributed by atoms with Crippen LogP contribution < -0.4 is 10.2 Å². The number of hydrogen-bond donors (Lipinski definition) is 0. The number of aromatic nitrogens is 1. The molecule has 1 saturated heterocycles. The molecule has 0 bridgehead atoms. The molecule has 1 fully saturated rings. The SMILES string of the molecule is COc1c(-c2cc(-c3cc(C(C)(C)C)cc(C(C)(C)C)c3)cc(-c3cccc(B4OC(C)(C)C(C)(C)O4)c3)n2)cc(C(C)(C)C)cc1C(C)(C)C. The van der Waals surface area contributed by atoms with E-state index in [2.05, 4.69) is 178 Å². The zero-order valence-electron chi connectivity index (χ0n) is 34.6. The molecule has 0 N–H and O–H groups in total. The molecular formula is C46H62BNO3. The van der Waals surface area contributed by atoms with Crippen LogP contribution in [0.2, 0.25) is 0 Å². The summed E-state index contributed by atoms with van der Waals surface area (Å²) in [5.74, 6) is 0.871. The smallest absolute Gasteiger partial charge is 0.494 e. The minimum absolute atomic E-state index is 0.0161. The van der Waals surface area contributed by atoms with Crippen LogP contribution in [0.25, 0.3) is 33.6 Å². The Morgan fingerprint density at radius 2 is 1.04 bits per heavy atom. The number of nitrogens with zero attached hydrogens (tertiary/aromatic N) is 1. The van der Waals surface area contributed by atoms with Crippen molar-refractivity contribution in [2.75, 3.05) is 7.11 Å². The van der Waals surface area contributed by atoms with Gasteiger partial charge in [0.25, 0.3) is 0 Å². The topological polar surface area (TPSA) is 40.6 Å². The summed E-state index contributed by atoms with van der Waals surface area (Å²) >= 11 is 0. The highest BCUT2D eigenvalue weighted by Gasteiger charge is 2.51. The fourth-order valence-corrected chi connectivity index (χ4v) is 6.50. The Morgan fingerprint density at radius 3 is 1.53 bits per heavy atom. The van der Waals surface area contributed by atoms with Crippen LogP contribution in [0, 0.1) is 0 Å². The van der Waals surface area contributed by atoms with Crippen LogP contribution in [-0.4, -0.2) is 30.4 Å². The van der Waals surface area contributed by atoms with Crippen molar-refractivity contribution in [3.8, 4) is 39.4 Å². The Balaban J connectivity index is 1.83. The quantitative estimate of drug-likeness (QED) is 0.196. The third-order valence-electron chi connectivity index (χ3n) is 10.8. The summed E-state index contributed by atoms with van der Waals surface area (Å²) in [5, 5.41) is 0. The van der Waals surface area contributed by atoms with Crippen molar-refractivity contribution in [1.82, 2.24) is 4.98 Å². The summed E-state index contributed by atoms with van der Waals surface area (Å²) in [6.07, 6.45) is 0. The second-order valence-corrected chi connectivity index (χ2v) is 19.7. The molecule has 1 aliphatic heterocycles. The average molecular weight is 688 g/mol. The summed E-state index contributed by atoms with van der Waals surface area (Å²) in [7, 11) is 1.32. The monoisotopic (exact) mass is 687 g/mol. The van der Waals surface area contributed by atoms with Gasteiger partial charge in [0.05, 0.1) is 29.7 Å². The van der Waals surface area contributed by atoms with E-state index >= 15 is 0 Å². The lowest BCUT2D eigenvalue weighted by Crippen LogP contribution is -2.41. The second-order valence-electron chi connectivity index (χ2n) is 19.7. The van der Waals surface area contributed by atoms with Crippen molar-refractivity contribution in [2.24, 2.45) is 0 Å². The number of ether oxygens (including phenoxy) is 1. The molecule has 0 radical (unpaired) electrons. The second kappa shape index (κ2) is 12.9. The molecule has 4 nitrogen and oxygen atoms in total. The normalized spacial score (nSPS) is 16.5. The fraction of sp³-hybridized carbons (Fsp3) is 0.500. The van der Waals surface area contributed by atoms with Crippen LogP contribution in [0.5, 0.6) is 5.75 Å². The maximum atomic E-state index is 6.48. The lowest BCUT2D eigenvalue weighted by Gasteiger charge is -2.32. The highest BCUT2D eigenvalue weighted by Crippen LogP contribution is 2.44. The molecule has 5 rings (SSSR count). The Bertz CT molecular complexity index is 1880. The molecule has 0 unspecified atom stereocenters. The van der Waals surface area contributed by atoms with Gasteiger partial charge in [0.1, 0.15) is 5.75 Å². The van der Waals surface area contributed by atoms with Crippen molar-refractivity contribution < 1.29 is 14.0 Å². The summed E-state index contributed by atoms with van der Waals surface area (Å²) in [6.45, 7) is 35.7. The molecule has 0 amide bonds. The lowest BCUT2D eigenvalue weighted by molar-refractivity contribution is 0.00578. The molecule has 0 atom stereocenters. The first-order valence-electron chi connectivity index (χ1n) is 18.6. The fourth-order valence-electron chi connectivity index (χ4n) is 6.50. The van der Waals surface area contributed by atoms with Gasteiger partial charge in [-0.05, 0) is 106 Å². The van der Waals surface area contributed by atoms with Crippen LogP contribution in [0.4, 0.5) is 0 Å². The molecule has 4 aromatic rings. The van der Waals surface area contributed by atoms with Crippen LogP contribution in [0.3, 0.4) is 0 Å². The number of methoxy groups -OCH3 is 1. The van der Waals surface area contributed by atoms with Gasteiger partial charge >= 0.3 is 7.12 Å². The van der Waals surface area contributed by atoms with Crippen molar-refractivity contribution in [3.63, 3.8) is 0 Å². The number of hydrogen-bond acceptors (Lipinski definition) is 4. The zero-order chi connectivity index (χ0) is 38.1. The van der Waals surface area contributed by atoms with Crippen LogP contribution >= 0.6 is 0 Å². The van der Waals surface area contributed by atoms with E-state index in [1.54, 1.807) is 7.11 Å². The molecule has 0 saturated carbocycles. The van der Waals surface area contributed by atoms with Crippen molar-refractivity contribution in [1.29, 1.82) is 0 Å². The average Bonchev–Trinajstić information content (AvgIpc) is 3.24. The molecule has 3 aromatic carbocycles.